The molecule has 1 rings (SSSR count). The maximum atomic E-state index is 13.0. The summed E-state index contributed by atoms with van der Waals surface area (Å²) in [7, 11) is 0. The predicted octanol–water partition coefficient (Wildman–Crippen LogP) is 2.39. The Morgan fingerprint density at radius 1 is 1.31 bits per heavy atom. The van der Waals surface area contributed by atoms with Gasteiger partial charge in [0.1, 0.15) is 0 Å². The number of aliphatic hydroxyl groups excluding tert-OH is 1. The lowest BCUT2D eigenvalue weighted by molar-refractivity contribution is 0.230. The van der Waals surface area contributed by atoms with E-state index in [1.54, 1.807) is 6.07 Å². The summed E-state index contributed by atoms with van der Waals surface area (Å²) in [6.45, 7) is 3.83. The van der Waals surface area contributed by atoms with Crippen molar-refractivity contribution in [3.63, 3.8) is 0 Å². The molecule has 2 nitrogen and oxygen atoms in total. The number of benzene rings is 1. The van der Waals surface area contributed by atoms with Crippen molar-refractivity contribution in [2.45, 2.75) is 32.4 Å². The summed E-state index contributed by atoms with van der Waals surface area (Å²) >= 11 is 0. The van der Waals surface area contributed by atoms with Crippen molar-refractivity contribution in [1.29, 1.82) is 0 Å². The maximum absolute atomic E-state index is 13.0. The second-order valence-corrected chi connectivity index (χ2v) is 3.85. The monoisotopic (exact) mass is 229 g/mol. The van der Waals surface area contributed by atoms with Gasteiger partial charge in [-0.25, -0.2) is 8.78 Å². The van der Waals surface area contributed by atoms with E-state index in [1.807, 2.05) is 13.8 Å². The van der Waals surface area contributed by atoms with E-state index in [-0.39, 0.29) is 18.7 Å². The molecule has 0 aromatic heterocycles. The molecule has 0 radical (unpaired) electrons. The first-order valence-electron chi connectivity index (χ1n) is 5.40. The topological polar surface area (TPSA) is 32.3 Å². The number of nitrogens with one attached hydrogen (secondary N) is 1. The van der Waals surface area contributed by atoms with Gasteiger partial charge in [0.25, 0.3) is 0 Å². The molecule has 0 aliphatic heterocycles. The van der Waals surface area contributed by atoms with E-state index in [4.69, 9.17) is 5.11 Å². The fourth-order valence-corrected chi connectivity index (χ4v) is 1.53. The van der Waals surface area contributed by atoms with Crippen molar-refractivity contribution < 1.29 is 13.9 Å². The zero-order valence-corrected chi connectivity index (χ0v) is 9.50. The molecule has 0 bridgehead atoms. The highest BCUT2D eigenvalue weighted by atomic mass is 19.2. The van der Waals surface area contributed by atoms with Crippen molar-refractivity contribution in [3.05, 3.63) is 35.4 Å². The second-order valence-electron chi connectivity index (χ2n) is 3.85. The van der Waals surface area contributed by atoms with Crippen LogP contribution in [0.2, 0.25) is 0 Å². The van der Waals surface area contributed by atoms with Gasteiger partial charge >= 0.3 is 0 Å². The Morgan fingerprint density at radius 3 is 2.50 bits per heavy atom. The lowest BCUT2D eigenvalue weighted by atomic mass is 10.1. The minimum Gasteiger partial charge on any atom is -0.395 e. The Hall–Kier alpha value is -1.00. The predicted molar refractivity (Wildman–Crippen MR) is 59.1 cm³/mol. The van der Waals surface area contributed by atoms with Gasteiger partial charge in [0.15, 0.2) is 11.6 Å². The average Bonchev–Trinajstić information content (AvgIpc) is 2.29. The number of rotatable bonds is 5. The highest BCUT2D eigenvalue weighted by molar-refractivity contribution is 5.20. The van der Waals surface area contributed by atoms with Crippen LogP contribution in [0, 0.1) is 11.6 Å². The van der Waals surface area contributed by atoms with Crippen molar-refractivity contribution >= 4 is 0 Å². The molecule has 2 atom stereocenters. The third-order valence-corrected chi connectivity index (χ3v) is 2.64. The van der Waals surface area contributed by atoms with Gasteiger partial charge in [0, 0.05) is 12.1 Å². The molecule has 90 valence electrons. The largest absolute Gasteiger partial charge is 0.395 e. The van der Waals surface area contributed by atoms with E-state index in [9.17, 15) is 8.78 Å². The Kier molecular flexibility index (Phi) is 4.83. The molecular formula is C12H17F2NO. The van der Waals surface area contributed by atoms with Gasteiger partial charge in [-0.15, -0.1) is 0 Å². The number of hydrogen-bond acceptors (Lipinski definition) is 2. The fourth-order valence-electron chi connectivity index (χ4n) is 1.53. The van der Waals surface area contributed by atoms with Crippen LogP contribution in [0.5, 0.6) is 0 Å². The third kappa shape index (κ3) is 3.25. The summed E-state index contributed by atoms with van der Waals surface area (Å²) < 4.78 is 25.7. The summed E-state index contributed by atoms with van der Waals surface area (Å²) in [4.78, 5) is 0. The highest BCUT2D eigenvalue weighted by Gasteiger charge is 2.12. The molecule has 0 heterocycles. The fraction of sp³-hybridized carbons (Fsp3) is 0.500. The first-order valence-corrected chi connectivity index (χ1v) is 5.40. The SMILES string of the molecule is CCC(CO)NC(C)c1ccc(F)c(F)c1. The van der Waals surface area contributed by atoms with E-state index in [0.717, 1.165) is 12.5 Å². The zero-order chi connectivity index (χ0) is 12.1. The molecule has 0 amide bonds. The van der Waals surface area contributed by atoms with Crippen LogP contribution >= 0.6 is 0 Å². The van der Waals surface area contributed by atoms with Gasteiger partial charge < -0.3 is 10.4 Å². The maximum Gasteiger partial charge on any atom is 0.159 e. The second kappa shape index (κ2) is 5.92. The van der Waals surface area contributed by atoms with Crippen LogP contribution in [0.3, 0.4) is 0 Å². The summed E-state index contributed by atoms with van der Waals surface area (Å²) in [5, 5.41) is 12.2. The van der Waals surface area contributed by atoms with Crippen molar-refractivity contribution in [1.82, 2.24) is 5.32 Å². The van der Waals surface area contributed by atoms with Crippen LogP contribution in [-0.4, -0.2) is 17.8 Å². The van der Waals surface area contributed by atoms with Crippen molar-refractivity contribution in [2.75, 3.05) is 6.61 Å². The number of aliphatic hydroxyl groups is 1. The van der Waals surface area contributed by atoms with E-state index in [1.165, 1.54) is 6.07 Å². The molecule has 2 unspecified atom stereocenters. The Balaban J connectivity index is 2.72. The molecule has 16 heavy (non-hydrogen) atoms. The molecule has 2 N–H and O–H groups in total. The van der Waals surface area contributed by atoms with Crippen LogP contribution in [0.25, 0.3) is 0 Å². The van der Waals surface area contributed by atoms with Gasteiger partial charge in [-0.2, -0.15) is 0 Å². The molecular weight excluding hydrogens is 212 g/mol. The van der Waals surface area contributed by atoms with E-state index in [2.05, 4.69) is 5.32 Å². The van der Waals surface area contributed by atoms with Gasteiger partial charge in [-0.05, 0) is 31.0 Å². The molecule has 0 saturated heterocycles. The minimum absolute atomic E-state index is 0.0249. The van der Waals surface area contributed by atoms with Gasteiger partial charge in [-0.1, -0.05) is 13.0 Å². The Bertz CT molecular complexity index is 340. The summed E-state index contributed by atoms with van der Waals surface area (Å²) in [5.41, 5.74) is 0.672. The lowest BCUT2D eigenvalue weighted by Crippen LogP contribution is -2.33. The summed E-state index contributed by atoms with van der Waals surface area (Å²) in [6, 6.07) is 3.69. The van der Waals surface area contributed by atoms with Gasteiger partial charge in [0.2, 0.25) is 0 Å². The molecule has 4 heteroatoms. The molecule has 0 aliphatic carbocycles. The molecule has 0 fully saturated rings. The van der Waals surface area contributed by atoms with Crippen LogP contribution in [0.4, 0.5) is 8.78 Å². The first-order chi connectivity index (χ1) is 7.58. The average molecular weight is 229 g/mol. The van der Waals surface area contributed by atoms with Gasteiger partial charge in [-0.3, -0.25) is 0 Å². The Morgan fingerprint density at radius 2 is 2.00 bits per heavy atom. The Labute approximate surface area is 94.3 Å². The molecule has 0 saturated carbocycles. The van der Waals surface area contributed by atoms with Gasteiger partial charge in [0.05, 0.1) is 6.61 Å². The molecule has 1 aromatic rings. The van der Waals surface area contributed by atoms with E-state index >= 15 is 0 Å². The number of hydrogen-bond donors (Lipinski definition) is 2. The molecule has 0 aliphatic rings. The summed E-state index contributed by atoms with van der Waals surface area (Å²) in [6.07, 6.45) is 0.782. The highest BCUT2D eigenvalue weighted by Crippen LogP contribution is 2.16. The molecule has 0 spiro atoms. The normalized spacial score (nSPS) is 14.8. The van der Waals surface area contributed by atoms with Crippen molar-refractivity contribution in [3.8, 4) is 0 Å². The van der Waals surface area contributed by atoms with Crippen LogP contribution in [0.15, 0.2) is 18.2 Å². The van der Waals surface area contributed by atoms with Crippen LogP contribution in [-0.2, 0) is 0 Å². The number of halogens is 2. The minimum atomic E-state index is -0.844. The van der Waals surface area contributed by atoms with Crippen molar-refractivity contribution in [2.24, 2.45) is 0 Å². The smallest absolute Gasteiger partial charge is 0.159 e. The summed E-state index contributed by atoms with van der Waals surface area (Å²) in [5.74, 6) is -1.69. The third-order valence-electron chi connectivity index (χ3n) is 2.64. The van der Waals surface area contributed by atoms with E-state index < -0.39 is 11.6 Å². The quantitative estimate of drug-likeness (QED) is 0.812. The van der Waals surface area contributed by atoms with Crippen LogP contribution in [0.1, 0.15) is 31.9 Å². The molecule has 1 aromatic carbocycles. The zero-order valence-electron chi connectivity index (χ0n) is 9.50. The standard InChI is InChI=1S/C12H17F2NO/c1-3-10(7-16)15-8(2)9-4-5-11(13)12(14)6-9/h4-6,8,10,15-16H,3,7H2,1-2H3. The lowest BCUT2D eigenvalue weighted by Gasteiger charge is -2.20. The van der Waals surface area contributed by atoms with E-state index in [0.29, 0.717) is 5.56 Å². The van der Waals surface area contributed by atoms with Crippen LogP contribution < -0.4 is 5.32 Å². The first kappa shape index (κ1) is 13.1.